The quantitative estimate of drug-likeness (QED) is 0.739. The molecule has 0 aliphatic carbocycles. The van der Waals surface area contributed by atoms with Crippen LogP contribution in [0.25, 0.3) is 0 Å². The monoisotopic (exact) mass is 456 g/mol. The lowest BCUT2D eigenvalue weighted by atomic mass is 9.91. The summed E-state index contributed by atoms with van der Waals surface area (Å²) >= 11 is 5.92. The Balaban J connectivity index is 1.25. The van der Waals surface area contributed by atoms with E-state index in [9.17, 15) is 9.59 Å². The van der Waals surface area contributed by atoms with E-state index < -0.39 is 0 Å². The van der Waals surface area contributed by atoms with Crippen molar-refractivity contribution < 1.29 is 14.3 Å². The van der Waals surface area contributed by atoms with Crippen molar-refractivity contribution in [1.29, 1.82) is 0 Å². The van der Waals surface area contributed by atoms with Crippen molar-refractivity contribution in [2.45, 2.75) is 25.7 Å². The Hall–Kier alpha value is -2.80. The maximum atomic E-state index is 13.0. The summed E-state index contributed by atoms with van der Waals surface area (Å²) in [6.07, 6.45) is 4.65. The lowest BCUT2D eigenvalue weighted by Crippen LogP contribution is -2.46. The fourth-order valence-electron chi connectivity index (χ4n) is 4.51. The molecule has 2 aliphatic rings. The number of benzene rings is 1. The first-order valence-electron chi connectivity index (χ1n) is 11.1. The normalized spacial score (nSPS) is 17.8. The van der Waals surface area contributed by atoms with Crippen molar-refractivity contribution >= 4 is 34.9 Å². The molecule has 2 aliphatic heterocycles. The number of pyridine rings is 1. The highest BCUT2D eigenvalue weighted by molar-refractivity contribution is 6.30. The molecule has 2 aromatic rings. The number of para-hydroxylation sites is 2. The van der Waals surface area contributed by atoms with Gasteiger partial charge >= 0.3 is 0 Å². The summed E-state index contributed by atoms with van der Waals surface area (Å²) in [4.78, 5) is 34.3. The molecule has 2 amide bonds. The molecular formula is C24H29ClN4O3. The maximum Gasteiger partial charge on any atom is 0.227 e. The Morgan fingerprint density at radius 2 is 1.69 bits per heavy atom. The molecule has 0 spiro atoms. The number of amides is 2. The van der Waals surface area contributed by atoms with Crippen LogP contribution in [0.1, 0.15) is 25.7 Å². The number of rotatable bonds is 5. The molecule has 3 heterocycles. The van der Waals surface area contributed by atoms with Gasteiger partial charge in [0.1, 0.15) is 11.6 Å². The lowest BCUT2D eigenvalue weighted by molar-refractivity contribution is -0.139. The van der Waals surface area contributed by atoms with Crippen LogP contribution in [-0.2, 0) is 9.59 Å². The average molecular weight is 457 g/mol. The zero-order valence-corrected chi connectivity index (χ0v) is 19.1. The van der Waals surface area contributed by atoms with E-state index in [4.69, 9.17) is 16.3 Å². The van der Waals surface area contributed by atoms with Gasteiger partial charge < -0.3 is 19.9 Å². The second-order valence-electron chi connectivity index (χ2n) is 8.39. The number of carbonyl (C=O) groups excluding carboxylic acids is 2. The zero-order valence-electron chi connectivity index (χ0n) is 18.3. The smallest absolute Gasteiger partial charge is 0.227 e. The highest BCUT2D eigenvalue weighted by atomic mass is 35.5. The fourth-order valence-corrected chi connectivity index (χ4v) is 4.63. The van der Waals surface area contributed by atoms with E-state index in [-0.39, 0.29) is 23.7 Å². The van der Waals surface area contributed by atoms with Gasteiger partial charge in [-0.3, -0.25) is 9.59 Å². The number of nitrogens with one attached hydrogen (secondary N) is 1. The molecule has 1 N–H and O–H groups in total. The topological polar surface area (TPSA) is 74.8 Å². The van der Waals surface area contributed by atoms with Gasteiger partial charge in [-0.1, -0.05) is 23.7 Å². The third-order valence-corrected chi connectivity index (χ3v) is 6.65. The summed E-state index contributed by atoms with van der Waals surface area (Å²) in [5, 5.41) is 3.60. The van der Waals surface area contributed by atoms with Gasteiger partial charge in [0, 0.05) is 44.2 Å². The van der Waals surface area contributed by atoms with Gasteiger partial charge in [0.15, 0.2) is 0 Å². The summed E-state index contributed by atoms with van der Waals surface area (Å²) < 4.78 is 5.31. The second kappa shape index (κ2) is 10.2. The van der Waals surface area contributed by atoms with Gasteiger partial charge in [-0.2, -0.15) is 0 Å². The standard InChI is InChI=1S/C24H29ClN4O3/c1-32-21-5-3-2-4-20(21)27-23(30)17-8-14-29(15-9-17)24(31)18-10-12-28(13-11-18)22-7-6-19(25)16-26-22/h2-7,16-18H,8-15H2,1H3,(H,27,30). The minimum atomic E-state index is -0.0956. The third kappa shape index (κ3) is 5.15. The molecule has 2 saturated heterocycles. The number of nitrogens with zero attached hydrogens (tertiary/aromatic N) is 3. The number of halogens is 1. The number of carbonyl (C=O) groups is 2. The van der Waals surface area contributed by atoms with Gasteiger partial charge in [-0.05, 0) is 49.9 Å². The van der Waals surface area contributed by atoms with E-state index in [1.165, 1.54) is 0 Å². The predicted octanol–water partition coefficient (Wildman–Crippen LogP) is 3.84. The Morgan fingerprint density at radius 3 is 2.34 bits per heavy atom. The Kier molecular flexibility index (Phi) is 7.15. The third-order valence-electron chi connectivity index (χ3n) is 6.42. The average Bonchev–Trinajstić information content (AvgIpc) is 2.84. The van der Waals surface area contributed by atoms with Crippen molar-refractivity contribution in [3.05, 3.63) is 47.6 Å². The van der Waals surface area contributed by atoms with Crippen LogP contribution in [0.3, 0.4) is 0 Å². The minimum Gasteiger partial charge on any atom is -0.495 e. The molecular weight excluding hydrogens is 428 g/mol. The van der Waals surface area contributed by atoms with Crippen LogP contribution in [-0.4, -0.2) is 55.0 Å². The Morgan fingerprint density at radius 1 is 1.00 bits per heavy atom. The van der Waals surface area contributed by atoms with Gasteiger partial charge in [0.2, 0.25) is 11.8 Å². The molecule has 32 heavy (non-hydrogen) atoms. The molecule has 8 heteroatoms. The van der Waals surface area contributed by atoms with Gasteiger partial charge in [-0.25, -0.2) is 4.98 Å². The molecule has 1 aromatic heterocycles. The Bertz CT molecular complexity index is 937. The number of piperidine rings is 2. The number of aromatic nitrogens is 1. The van der Waals surface area contributed by atoms with Crippen molar-refractivity contribution in [3.8, 4) is 5.75 Å². The molecule has 0 atom stereocenters. The van der Waals surface area contributed by atoms with E-state index in [1.54, 1.807) is 13.3 Å². The van der Waals surface area contributed by atoms with E-state index in [2.05, 4.69) is 15.2 Å². The largest absolute Gasteiger partial charge is 0.495 e. The minimum absolute atomic E-state index is 0.00892. The first kappa shape index (κ1) is 22.4. The van der Waals surface area contributed by atoms with Crippen LogP contribution in [0.5, 0.6) is 5.75 Å². The van der Waals surface area contributed by atoms with Crippen LogP contribution in [0.4, 0.5) is 11.5 Å². The van der Waals surface area contributed by atoms with Crippen LogP contribution >= 0.6 is 11.6 Å². The number of hydrogen-bond donors (Lipinski definition) is 1. The SMILES string of the molecule is COc1ccccc1NC(=O)C1CCN(C(=O)C2CCN(c3ccc(Cl)cn3)CC2)CC1. The molecule has 1 aromatic carbocycles. The van der Waals surface area contributed by atoms with E-state index in [1.807, 2.05) is 41.3 Å². The van der Waals surface area contributed by atoms with Crippen LogP contribution < -0.4 is 15.0 Å². The summed E-state index contributed by atoms with van der Waals surface area (Å²) in [7, 11) is 1.59. The molecule has 0 bridgehead atoms. The van der Waals surface area contributed by atoms with Gasteiger partial charge in [-0.15, -0.1) is 0 Å². The van der Waals surface area contributed by atoms with Crippen molar-refractivity contribution in [2.75, 3.05) is 43.5 Å². The van der Waals surface area contributed by atoms with Crippen molar-refractivity contribution in [2.24, 2.45) is 11.8 Å². The summed E-state index contributed by atoms with van der Waals surface area (Å²) in [5.74, 6) is 1.71. The summed E-state index contributed by atoms with van der Waals surface area (Å²) in [5.41, 5.74) is 0.681. The van der Waals surface area contributed by atoms with E-state index in [0.29, 0.717) is 42.4 Å². The molecule has 0 radical (unpaired) electrons. The van der Waals surface area contributed by atoms with Crippen LogP contribution in [0.15, 0.2) is 42.6 Å². The molecule has 0 unspecified atom stereocenters. The first-order valence-corrected chi connectivity index (χ1v) is 11.5. The lowest BCUT2D eigenvalue weighted by Gasteiger charge is -2.37. The fraction of sp³-hybridized carbons (Fsp3) is 0.458. The van der Waals surface area contributed by atoms with Gasteiger partial charge in [0.05, 0.1) is 17.8 Å². The zero-order chi connectivity index (χ0) is 22.5. The number of anilines is 2. The number of ether oxygens (including phenoxy) is 1. The summed E-state index contributed by atoms with van der Waals surface area (Å²) in [6.45, 7) is 2.87. The maximum absolute atomic E-state index is 13.0. The van der Waals surface area contributed by atoms with Crippen LogP contribution in [0.2, 0.25) is 5.02 Å². The molecule has 170 valence electrons. The number of methoxy groups -OCH3 is 1. The summed E-state index contributed by atoms with van der Waals surface area (Å²) in [6, 6.07) is 11.2. The number of likely N-dealkylation sites (tertiary alicyclic amines) is 1. The predicted molar refractivity (Wildman–Crippen MR) is 125 cm³/mol. The first-order chi connectivity index (χ1) is 15.5. The molecule has 4 rings (SSSR count). The van der Waals surface area contributed by atoms with Gasteiger partial charge in [0.25, 0.3) is 0 Å². The second-order valence-corrected chi connectivity index (χ2v) is 8.82. The van der Waals surface area contributed by atoms with E-state index >= 15 is 0 Å². The highest BCUT2D eigenvalue weighted by Gasteiger charge is 2.33. The van der Waals surface area contributed by atoms with E-state index in [0.717, 1.165) is 31.7 Å². The molecule has 2 fully saturated rings. The van der Waals surface area contributed by atoms with Crippen molar-refractivity contribution in [1.82, 2.24) is 9.88 Å². The number of hydrogen-bond acceptors (Lipinski definition) is 5. The molecule has 0 saturated carbocycles. The highest BCUT2D eigenvalue weighted by Crippen LogP contribution is 2.28. The van der Waals surface area contributed by atoms with Crippen molar-refractivity contribution in [3.63, 3.8) is 0 Å². The van der Waals surface area contributed by atoms with Crippen LogP contribution in [0, 0.1) is 11.8 Å². The molecule has 7 nitrogen and oxygen atoms in total. The Labute approximate surface area is 193 Å².